The van der Waals surface area contributed by atoms with Gasteiger partial charge in [-0.3, -0.25) is 0 Å². The maximum absolute atomic E-state index is 10.4. The largest absolute Gasteiger partial charge is 0.496 e. The Morgan fingerprint density at radius 1 is 1.47 bits per heavy atom. The lowest BCUT2D eigenvalue weighted by Gasteiger charge is -2.25. The minimum absolute atomic E-state index is 0.338. The molecule has 1 aromatic carbocycles. The van der Waals surface area contributed by atoms with E-state index in [2.05, 4.69) is 0 Å². The molecule has 1 unspecified atom stereocenters. The van der Waals surface area contributed by atoms with Gasteiger partial charge in [-0.05, 0) is 43.9 Å². The highest BCUT2D eigenvalue weighted by Gasteiger charge is 2.42. The predicted octanol–water partition coefficient (Wildman–Crippen LogP) is 2.97. The third-order valence-electron chi connectivity index (χ3n) is 3.08. The average Bonchev–Trinajstić information content (AvgIpc) is 3.01. The van der Waals surface area contributed by atoms with E-state index in [1.54, 1.807) is 25.3 Å². The summed E-state index contributed by atoms with van der Waals surface area (Å²) in [5.74, 6) is 1.04. The van der Waals surface area contributed by atoms with Crippen molar-refractivity contribution in [2.45, 2.75) is 25.4 Å². The van der Waals surface area contributed by atoms with Crippen LogP contribution in [-0.4, -0.2) is 12.2 Å². The van der Waals surface area contributed by atoms with Crippen LogP contribution in [0.5, 0.6) is 5.75 Å². The minimum Gasteiger partial charge on any atom is -0.496 e. The normalized spacial score (nSPS) is 19.7. The quantitative estimate of drug-likeness (QED) is 0.859. The monoisotopic (exact) mass is 226 g/mol. The highest BCUT2D eigenvalue weighted by molar-refractivity contribution is 6.30. The van der Waals surface area contributed by atoms with Crippen LogP contribution >= 0.6 is 11.6 Å². The second kappa shape index (κ2) is 3.69. The molecule has 1 aromatic rings. The van der Waals surface area contributed by atoms with Crippen molar-refractivity contribution in [2.24, 2.45) is 5.92 Å². The van der Waals surface area contributed by atoms with Gasteiger partial charge >= 0.3 is 0 Å². The Kier molecular flexibility index (Phi) is 2.65. The standard InChI is InChI=1S/C12H15ClO2/c1-12(14,8-3-4-8)10-7-9(13)5-6-11(10)15-2/h5-8,14H,3-4H2,1-2H3. The van der Waals surface area contributed by atoms with Gasteiger partial charge in [0.25, 0.3) is 0 Å². The number of methoxy groups -OCH3 is 1. The zero-order valence-corrected chi connectivity index (χ0v) is 9.71. The molecule has 82 valence electrons. The zero-order valence-electron chi connectivity index (χ0n) is 8.96. The first kappa shape index (κ1) is 10.8. The van der Waals surface area contributed by atoms with Crippen molar-refractivity contribution in [2.75, 3.05) is 7.11 Å². The topological polar surface area (TPSA) is 29.5 Å². The van der Waals surface area contributed by atoms with Gasteiger partial charge in [0, 0.05) is 10.6 Å². The van der Waals surface area contributed by atoms with E-state index in [0.29, 0.717) is 16.7 Å². The molecule has 1 fully saturated rings. The van der Waals surface area contributed by atoms with Crippen LogP contribution in [0.15, 0.2) is 18.2 Å². The molecule has 2 nitrogen and oxygen atoms in total. The van der Waals surface area contributed by atoms with Crippen LogP contribution in [0.3, 0.4) is 0 Å². The van der Waals surface area contributed by atoms with Gasteiger partial charge in [0.1, 0.15) is 5.75 Å². The first-order valence-corrected chi connectivity index (χ1v) is 5.50. The Morgan fingerprint density at radius 2 is 2.13 bits per heavy atom. The molecule has 0 bridgehead atoms. The SMILES string of the molecule is COc1ccc(Cl)cc1C(C)(O)C1CC1. The summed E-state index contributed by atoms with van der Waals surface area (Å²) in [6.45, 7) is 1.83. The van der Waals surface area contributed by atoms with Crippen LogP contribution in [0.25, 0.3) is 0 Å². The van der Waals surface area contributed by atoms with Gasteiger partial charge in [0.2, 0.25) is 0 Å². The van der Waals surface area contributed by atoms with Crippen LogP contribution in [0.2, 0.25) is 5.02 Å². The molecule has 1 saturated carbocycles. The summed E-state index contributed by atoms with van der Waals surface area (Å²) in [7, 11) is 1.61. The summed E-state index contributed by atoms with van der Waals surface area (Å²) in [6, 6.07) is 5.36. The summed E-state index contributed by atoms with van der Waals surface area (Å²) in [6.07, 6.45) is 2.14. The number of halogens is 1. The molecule has 1 aliphatic carbocycles. The third kappa shape index (κ3) is 1.97. The molecule has 0 radical (unpaired) electrons. The lowest BCUT2D eigenvalue weighted by atomic mass is 9.90. The molecule has 0 spiro atoms. The van der Waals surface area contributed by atoms with Gasteiger partial charge in [-0.1, -0.05) is 11.6 Å². The van der Waals surface area contributed by atoms with E-state index >= 15 is 0 Å². The van der Waals surface area contributed by atoms with Crippen LogP contribution in [0, 0.1) is 5.92 Å². The second-order valence-corrected chi connectivity index (χ2v) is 4.70. The first-order valence-electron chi connectivity index (χ1n) is 5.12. The molecule has 0 amide bonds. The van der Waals surface area contributed by atoms with Crippen LogP contribution < -0.4 is 4.74 Å². The van der Waals surface area contributed by atoms with Gasteiger partial charge in [-0.15, -0.1) is 0 Å². The number of hydrogen-bond donors (Lipinski definition) is 1. The summed E-state index contributed by atoms with van der Waals surface area (Å²) in [5.41, 5.74) is -0.0315. The summed E-state index contributed by atoms with van der Waals surface area (Å²) >= 11 is 5.94. The van der Waals surface area contributed by atoms with E-state index in [-0.39, 0.29) is 0 Å². The molecule has 15 heavy (non-hydrogen) atoms. The summed E-state index contributed by atoms with van der Waals surface area (Å²) in [4.78, 5) is 0. The van der Waals surface area contributed by atoms with Crippen molar-refractivity contribution in [3.63, 3.8) is 0 Å². The van der Waals surface area contributed by atoms with Gasteiger partial charge in [0.15, 0.2) is 0 Å². The van der Waals surface area contributed by atoms with E-state index in [1.807, 2.05) is 6.92 Å². The lowest BCUT2D eigenvalue weighted by molar-refractivity contribution is 0.0307. The number of aliphatic hydroxyl groups is 1. The lowest BCUT2D eigenvalue weighted by Crippen LogP contribution is -2.24. The highest BCUT2D eigenvalue weighted by atomic mass is 35.5. The van der Waals surface area contributed by atoms with Gasteiger partial charge in [0.05, 0.1) is 12.7 Å². The van der Waals surface area contributed by atoms with Crippen molar-refractivity contribution in [1.29, 1.82) is 0 Å². The maximum atomic E-state index is 10.4. The molecule has 0 saturated heterocycles. The number of hydrogen-bond acceptors (Lipinski definition) is 2. The Hall–Kier alpha value is -0.730. The van der Waals surface area contributed by atoms with Crippen molar-refractivity contribution in [3.05, 3.63) is 28.8 Å². The van der Waals surface area contributed by atoms with Gasteiger partial charge in [-0.2, -0.15) is 0 Å². The van der Waals surface area contributed by atoms with Crippen molar-refractivity contribution in [1.82, 2.24) is 0 Å². The molecule has 3 heteroatoms. The number of benzene rings is 1. The summed E-state index contributed by atoms with van der Waals surface area (Å²) < 4.78 is 5.25. The fraction of sp³-hybridized carbons (Fsp3) is 0.500. The Labute approximate surface area is 94.8 Å². The minimum atomic E-state index is -0.823. The van der Waals surface area contributed by atoms with Crippen molar-refractivity contribution in [3.8, 4) is 5.75 Å². The molecular weight excluding hydrogens is 212 g/mol. The van der Waals surface area contributed by atoms with Crippen LogP contribution in [-0.2, 0) is 5.60 Å². The number of ether oxygens (including phenoxy) is 1. The third-order valence-corrected chi connectivity index (χ3v) is 3.31. The van der Waals surface area contributed by atoms with Crippen LogP contribution in [0.1, 0.15) is 25.3 Å². The highest BCUT2D eigenvalue weighted by Crippen LogP contribution is 2.48. The van der Waals surface area contributed by atoms with Crippen molar-refractivity contribution >= 4 is 11.6 Å². The van der Waals surface area contributed by atoms with Crippen molar-refractivity contribution < 1.29 is 9.84 Å². The fourth-order valence-corrected chi connectivity index (χ4v) is 2.11. The van der Waals surface area contributed by atoms with E-state index in [1.165, 1.54) is 0 Å². The molecular formula is C12H15ClO2. The van der Waals surface area contributed by atoms with Crippen LogP contribution in [0.4, 0.5) is 0 Å². The average molecular weight is 227 g/mol. The smallest absolute Gasteiger partial charge is 0.125 e. The number of rotatable bonds is 3. The second-order valence-electron chi connectivity index (χ2n) is 4.27. The van der Waals surface area contributed by atoms with Gasteiger partial charge in [-0.25, -0.2) is 0 Å². The fourth-order valence-electron chi connectivity index (χ4n) is 1.94. The van der Waals surface area contributed by atoms with E-state index < -0.39 is 5.60 Å². The molecule has 1 atom stereocenters. The molecule has 1 N–H and O–H groups in total. The van der Waals surface area contributed by atoms with E-state index in [9.17, 15) is 5.11 Å². The maximum Gasteiger partial charge on any atom is 0.125 e. The van der Waals surface area contributed by atoms with E-state index in [4.69, 9.17) is 16.3 Å². The Balaban J connectivity index is 2.44. The molecule has 2 rings (SSSR count). The molecule has 0 aliphatic heterocycles. The summed E-state index contributed by atoms with van der Waals surface area (Å²) in [5, 5.41) is 11.1. The molecule has 0 aromatic heterocycles. The first-order chi connectivity index (χ1) is 7.05. The Bertz CT molecular complexity index is 370. The van der Waals surface area contributed by atoms with E-state index in [0.717, 1.165) is 18.4 Å². The molecule has 1 aliphatic rings. The molecule has 0 heterocycles. The Morgan fingerprint density at radius 3 is 2.67 bits per heavy atom. The zero-order chi connectivity index (χ0) is 11.1. The van der Waals surface area contributed by atoms with Gasteiger partial charge < -0.3 is 9.84 Å². The predicted molar refractivity (Wildman–Crippen MR) is 60.3 cm³/mol.